The predicted molar refractivity (Wildman–Crippen MR) is 80.5 cm³/mol. The van der Waals surface area contributed by atoms with Crippen molar-refractivity contribution in [3.05, 3.63) is 0 Å². The van der Waals surface area contributed by atoms with Gasteiger partial charge in [0.15, 0.2) is 6.10 Å². The number of esters is 3. The molecule has 0 amide bonds. The van der Waals surface area contributed by atoms with Crippen LogP contribution in [0.15, 0.2) is 0 Å². The maximum absolute atomic E-state index is 11.9. The Labute approximate surface area is 135 Å². The molecule has 0 aromatic carbocycles. The Bertz CT molecular complexity index is 511. The van der Waals surface area contributed by atoms with E-state index >= 15 is 0 Å². The van der Waals surface area contributed by atoms with Crippen LogP contribution >= 0.6 is 7.14 Å². The number of rotatable bonds is 6. The molecule has 1 heterocycles. The van der Waals surface area contributed by atoms with Gasteiger partial charge >= 0.3 is 17.9 Å². The summed E-state index contributed by atoms with van der Waals surface area (Å²) in [6.45, 7) is 6.86. The zero-order chi connectivity index (χ0) is 17.8. The van der Waals surface area contributed by atoms with E-state index in [0.29, 0.717) is 12.6 Å². The first kappa shape index (κ1) is 19.6. The zero-order valence-corrected chi connectivity index (χ0v) is 14.8. The van der Waals surface area contributed by atoms with Gasteiger partial charge in [0.1, 0.15) is 6.10 Å². The molecular weight excluding hydrogens is 327 g/mol. The molecule has 1 rings (SSSR count). The van der Waals surface area contributed by atoms with Gasteiger partial charge in [-0.1, -0.05) is 0 Å². The molecule has 0 bridgehead atoms. The summed E-state index contributed by atoms with van der Waals surface area (Å²) in [5.74, 6) is -1.82. The van der Waals surface area contributed by atoms with Crippen molar-refractivity contribution in [2.75, 3.05) is 19.5 Å². The topological polar surface area (TPSA) is 105 Å². The summed E-state index contributed by atoms with van der Waals surface area (Å²) in [4.78, 5) is 33.8. The van der Waals surface area contributed by atoms with Crippen molar-refractivity contribution in [3.63, 3.8) is 0 Å². The average Bonchev–Trinajstić information content (AvgIpc) is 2.63. The van der Waals surface area contributed by atoms with Crippen LogP contribution < -0.4 is 0 Å². The fraction of sp³-hybridized carbons (Fsp3) is 0.786. The van der Waals surface area contributed by atoms with Crippen LogP contribution in [-0.2, 0) is 37.9 Å². The van der Waals surface area contributed by atoms with Crippen molar-refractivity contribution >= 4 is 25.0 Å². The van der Waals surface area contributed by atoms with Gasteiger partial charge in [-0.25, -0.2) is 0 Å². The van der Waals surface area contributed by atoms with Gasteiger partial charge in [0.25, 0.3) is 0 Å². The highest BCUT2D eigenvalue weighted by atomic mass is 31.2. The highest BCUT2D eigenvalue weighted by Gasteiger charge is 2.50. The maximum Gasteiger partial charge on any atom is 0.305 e. The summed E-state index contributed by atoms with van der Waals surface area (Å²) in [5, 5.41) is 0. The van der Waals surface area contributed by atoms with Gasteiger partial charge < -0.3 is 23.5 Å². The second-order valence-corrected chi connectivity index (χ2v) is 9.48. The van der Waals surface area contributed by atoms with Crippen molar-refractivity contribution in [3.8, 4) is 0 Å². The van der Waals surface area contributed by atoms with Gasteiger partial charge in [0, 0.05) is 26.9 Å². The number of carbonyl (C=O) groups is 3. The summed E-state index contributed by atoms with van der Waals surface area (Å²) >= 11 is 0. The Morgan fingerprint density at radius 2 is 1.39 bits per heavy atom. The SMILES string of the molecule is CC(=O)OC1O[C@H](CCP(C)(C)=O)C(OC(C)=O)[C@@H]1OC(C)=O. The first-order valence-electron chi connectivity index (χ1n) is 7.20. The molecular formula is C14H23O8P. The van der Waals surface area contributed by atoms with Crippen LogP contribution in [-0.4, -0.2) is 62.0 Å². The zero-order valence-electron chi connectivity index (χ0n) is 13.9. The number of hydrogen-bond donors (Lipinski definition) is 0. The van der Waals surface area contributed by atoms with Crippen LogP contribution in [0, 0.1) is 0 Å². The predicted octanol–water partition coefficient (Wildman–Crippen LogP) is 1.15. The van der Waals surface area contributed by atoms with Crippen LogP contribution in [0.1, 0.15) is 27.2 Å². The molecule has 1 saturated heterocycles. The Morgan fingerprint density at radius 3 is 1.83 bits per heavy atom. The van der Waals surface area contributed by atoms with E-state index in [2.05, 4.69) is 0 Å². The lowest BCUT2D eigenvalue weighted by Gasteiger charge is -2.23. The molecule has 9 heteroatoms. The standard InChI is InChI=1S/C14H23O8P/c1-8(15)19-12-11(6-7-23(4,5)18)22-14(21-10(3)17)13(12)20-9(2)16/h11-14H,6-7H2,1-5H3/t11-,12?,13+,14?/m1/s1. The smallest absolute Gasteiger partial charge is 0.305 e. The second kappa shape index (κ2) is 7.93. The molecule has 1 aliphatic rings. The molecule has 2 unspecified atom stereocenters. The Morgan fingerprint density at radius 1 is 0.913 bits per heavy atom. The molecule has 1 fully saturated rings. The highest BCUT2D eigenvalue weighted by Crippen LogP contribution is 2.39. The summed E-state index contributed by atoms with van der Waals surface area (Å²) in [6, 6.07) is 0. The van der Waals surface area contributed by atoms with Gasteiger partial charge in [-0.2, -0.15) is 0 Å². The van der Waals surface area contributed by atoms with E-state index in [-0.39, 0.29) is 0 Å². The van der Waals surface area contributed by atoms with Crippen molar-refractivity contribution < 1.29 is 37.9 Å². The summed E-state index contributed by atoms with van der Waals surface area (Å²) in [6.07, 6.45) is -3.15. The van der Waals surface area contributed by atoms with Crippen LogP contribution in [0.3, 0.4) is 0 Å². The summed E-state index contributed by atoms with van der Waals surface area (Å²) in [7, 11) is -2.31. The number of ether oxygens (including phenoxy) is 4. The van der Waals surface area contributed by atoms with E-state index < -0.39 is 49.7 Å². The van der Waals surface area contributed by atoms with Gasteiger partial charge in [0.2, 0.25) is 12.4 Å². The summed E-state index contributed by atoms with van der Waals surface area (Å²) in [5.41, 5.74) is 0. The van der Waals surface area contributed by atoms with Crippen LogP contribution in [0.2, 0.25) is 0 Å². The van der Waals surface area contributed by atoms with Crippen LogP contribution in [0.25, 0.3) is 0 Å². The lowest BCUT2D eigenvalue weighted by Crippen LogP contribution is -2.41. The molecule has 0 spiro atoms. The fourth-order valence-electron chi connectivity index (χ4n) is 2.27. The van der Waals surface area contributed by atoms with Crippen LogP contribution in [0.4, 0.5) is 0 Å². The molecule has 4 atom stereocenters. The molecule has 0 radical (unpaired) electrons. The maximum atomic E-state index is 11.9. The minimum atomic E-state index is -2.31. The first-order chi connectivity index (χ1) is 10.5. The lowest BCUT2D eigenvalue weighted by atomic mass is 10.1. The van der Waals surface area contributed by atoms with Crippen molar-refractivity contribution in [1.82, 2.24) is 0 Å². The third kappa shape index (κ3) is 6.71. The van der Waals surface area contributed by atoms with E-state index in [9.17, 15) is 18.9 Å². The van der Waals surface area contributed by atoms with E-state index in [1.807, 2.05) is 0 Å². The molecule has 0 aromatic rings. The minimum Gasteiger partial charge on any atom is -0.456 e. The van der Waals surface area contributed by atoms with Crippen molar-refractivity contribution in [2.45, 2.75) is 51.8 Å². The lowest BCUT2D eigenvalue weighted by molar-refractivity contribution is -0.195. The summed E-state index contributed by atoms with van der Waals surface area (Å²) < 4.78 is 32.8. The molecule has 0 saturated carbocycles. The van der Waals surface area contributed by atoms with Gasteiger partial charge in [-0.15, -0.1) is 0 Å². The van der Waals surface area contributed by atoms with Crippen molar-refractivity contribution in [1.29, 1.82) is 0 Å². The quantitative estimate of drug-likeness (QED) is 0.399. The van der Waals surface area contributed by atoms with Crippen LogP contribution in [0.5, 0.6) is 0 Å². The van der Waals surface area contributed by atoms with Gasteiger partial charge in [0.05, 0.1) is 7.14 Å². The van der Waals surface area contributed by atoms with Gasteiger partial charge in [-0.05, 0) is 19.8 Å². The Balaban J connectivity index is 2.97. The highest BCUT2D eigenvalue weighted by molar-refractivity contribution is 7.62. The Kier molecular flexibility index (Phi) is 6.77. The monoisotopic (exact) mass is 350 g/mol. The number of hydrogen-bond acceptors (Lipinski definition) is 8. The van der Waals surface area contributed by atoms with Gasteiger partial charge in [-0.3, -0.25) is 14.4 Å². The third-order valence-corrected chi connectivity index (χ3v) is 4.44. The third-order valence-electron chi connectivity index (χ3n) is 3.11. The molecule has 0 aliphatic carbocycles. The molecule has 0 aromatic heterocycles. The Hall–Kier alpha value is -1.40. The average molecular weight is 350 g/mol. The largest absolute Gasteiger partial charge is 0.456 e. The number of carbonyl (C=O) groups excluding carboxylic acids is 3. The molecule has 1 aliphatic heterocycles. The van der Waals surface area contributed by atoms with Crippen molar-refractivity contribution in [2.24, 2.45) is 0 Å². The first-order valence-corrected chi connectivity index (χ1v) is 9.99. The van der Waals surface area contributed by atoms with E-state index in [1.54, 1.807) is 13.3 Å². The van der Waals surface area contributed by atoms with E-state index in [0.717, 1.165) is 0 Å². The minimum absolute atomic E-state index is 0.317. The molecule has 0 N–H and O–H groups in total. The second-order valence-electron chi connectivity index (χ2n) is 5.89. The van der Waals surface area contributed by atoms with E-state index in [4.69, 9.17) is 18.9 Å². The molecule has 132 valence electrons. The fourth-order valence-corrected chi connectivity index (χ4v) is 3.15. The molecule has 8 nitrogen and oxygen atoms in total. The van der Waals surface area contributed by atoms with E-state index in [1.165, 1.54) is 20.8 Å². The normalized spacial score (nSPS) is 27.3. The molecule has 23 heavy (non-hydrogen) atoms.